The Kier molecular flexibility index (Phi) is 5.68. The van der Waals surface area contributed by atoms with E-state index in [1.807, 2.05) is 23.9 Å². The Morgan fingerprint density at radius 2 is 2.15 bits per heavy atom. The Labute approximate surface area is 129 Å². The molecule has 0 aliphatic heterocycles. The van der Waals surface area contributed by atoms with Gasteiger partial charge in [-0.2, -0.15) is 0 Å². The zero-order valence-electron chi connectivity index (χ0n) is 11.6. The van der Waals surface area contributed by atoms with Crippen LogP contribution in [0, 0.1) is 5.92 Å². The van der Waals surface area contributed by atoms with Gasteiger partial charge in [0.25, 0.3) is 0 Å². The van der Waals surface area contributed by atoms with Crippen LogP contribution in [0.4, 0.5) is 11.6 Å². The van der Waals surface area contributed by atoms with Crippen LogP contribution in [0.2, 0.25) is 5.15 Å². The monoisotopic (exact) mass is 307 g/mol. The number of anilines is 2. The molecule has 20 heavy (non-hydrogen) atoms. The van der Waals surface area contributed by atoms with E-state index in [9.17, 15) is 0 Å². The summed E-state index contributed by atoms with van der Waals surface area (Å²) in [6, 6.07) is 9.91. The number of hydrogen-bond acceptors (Lipinski definition) is 4. The molecule has 106 valence electrons. The fraction of sp³-hybridized carbons (Fsp3) is 0.333. The average Bonchev–Trinajstić information content (AvgIpc) is 2.39. The minimum atomic E-state index is 0.435. The summed E-state index contributed by atoms with van der Waals surface area (Å²) in [5.41, 5.74) is 0.974. The van der Waals surface area contributed by atoms with E-state index in [4.69, 9.17) is 11.6 Å². The molecular weight excluding hydrogens is 290 g/mol. The highest BCUT2D eigenvalue weighted by atomic mass is 35.5. The van der Waals surface area contributed by atoms with Crippen LogP contribution in [0.1, 0.15) is 20.3 Å². The highest BCUT2D eigenvalue weighted by Gasteiger charge is 2.01. The quantitative estimate of drug-likeness (QED) is 0.601. The van der Waals surface area contributed by atoms with Gasteiger partial charge >= 0.3 is 0 Å². The molecule has 0 fully saturated rings. The maximum Gasteiger partial charge on any atom is 0.228 e. The van der Waals surface area contributed by atoms with Crippen molar-refractivity contribution >= 4 is 35.0 Å². The van der Waals surface area contributed by atoms with Gasteiger partial charge in [-0.3, -0.25) is 0 Å². The Balaban J connectivity index is 1.99. The van der Waals surface area contributed by atoms with Gasteiger partial charge in [-0.15, -0.1) is 11.8 Å². The molecule has 0 unspecified atom stereocenters. The van der Waals surface area contributed by atoms with Gasteiger partial charge < -0.3 is 5.32 Å². The lowest BCUT2D eigenvalue weighted by molar-refractivity contribution is 0.632. The van der Waals surface area contributed by atoms with Crippen LogP contribution in [-0.2, 0) is 0 Å². The number of nitrogens with zero attached hydrogens (tertiary/aromatic N) is 2. The van der Waals surface area contributed by atoms with Gasteiger partial charge in [0.05, 0.1) is 0 Å². The van der Waals surface area contributed by atoms with Gasteiger partial charge in [0.1, 0.15) is 5.15 Å². The number of thioether (sulfide) groups is 1. The highest BCUT2D eigenvalue weighted by Crippen LogP contribution is 2.24. The fourth-order valence-electron chi connectivity index (χ4n) is 1.60. The standard InChI is InChI=1S/C15H18ClN3S/c1-11(2)7-9-20-13-5-3-4-12(10-13)18-15-17-8-6-14(16)19-15/h3-6,8,10-11H,7,9H2,1-2H3,(H,17,18,19). The summed E-state index contributed by atoms with van der Waals surface area (Å²) in [6.45, 7) is 4.49. The Morgan fingerprint density at radius 3 is 2.90 bits per heavy atom. The summed E-state index contributed by atoms with van der Waals surface area (Å²) in [7, 11) is 0. The van der Waals surface area contributed by atoms with Crippen LogP contribution in [-0.4, -0.2) is 15.7 Å². The molecule has 2 rings (SSSR count). The third-order valence-corrected chi connectivity index (χ3v) is 3.91. The van der Waals surface area contributed by atoms with Crippen molar-refractivity contribution in [1.29, 1.82) is 0 Å². The SMILES string of the molecule is CC(C)CCSc1cccc(Nc2nccc(Cl)n2)c1. The van der Waals surface area contributed by atoms with E-state index in [2.05, 4.69) is 41.3 Å². The molecule has 1 aromatic carbocycles. The normalized spacial score (nSPS) is 10.8. The van der Waals surface area contributed by atoms with Crippen LogP contribution >= 0.6 is 23.4 Å². The maximum atomic E-state index is 5.85. The van der Waals surface area contributed by atoms with Crippen molar-refractivity contribution in [2.24, 2.45) is 5.92 Å². The molecule has 0 atom stereocenters. The number of aromatic nitrogens is 2. The predicted molar refractivity (Wildman–Crippen MR) is 86.9 cm³/mol. The Morgan fingerprint density at radius 1 is 1.30 bits per heavy atom. The van der Waals surface area contributed by atoms with E-state index in [1.165, 1.54) is 11.3 Å². The van der Waals surface area contributed by atoms with Crippen LogP contribution in [0.15, 0.2) is 41.4 Å². The number of rotatable bonds is 6. The van der Waals surface area contributed by atoms with Crippen LogP contribution in [0.25, 0.3) is 0 Å². The first-order valence-corrected chi connectivity index (χ1v) is 7.98. The van der Waals surface area contributed by atoms with E-state index in [0.29, 0.717) is 11.1 Å². The molecule has 0 saturated heterocycles. The van der Waals surface area contributed by atoms with Crippen LogP contribution in [0.5, 0.6) is 0 Å². The smallest absolute Gasteiger partial charge is 0.228 e. The van der Waals surface area contributed by atoms with Gasteiger partial charge in [0.2, 0.25) is 5.95 Å². The van der Waals surface area contributed by atoms with Crippen molar-refractivity contribution in [3.8, 4) is 0 Å². The van der Waals surface area contributed by atoms with Gasteiger partial charge in [-0.1, -0.05) is 31.5 Å². The summed E-state index contributed by atoms with van der Waals surface area (Å²) in [4.78, 5) is 9.50. The Bertz CT molecular complexity index is 560. The molecular formula is C15H18ClN3S. The van der Waals surface area contributed by atoms with E-state index in [0.717, 1.165) is 17.4 Å². The molecule has 1 aromatic heterocycles. The lowest BCUT2D eigenvalue weighted by atomic mass is 10.2. The molecule has 0 saturated carbocycles. The second-order valence-corrected chi connectivity index (χ2v) is 6.44. The molecule has 5 heteroatoms. The molecule has 3 nitrogen and oxygen atoms in total. The van der Waals surface area contributed by atoms with Crippen molar-refractivity contribution in [1.82, 2.24) is 9.97 Å². The third-order valence-electron chi connectivity index (χ3n) is 2.68. The van der Waals surface area contributed by atoms with E-state index in [1.54, 1.807) is 12.3 Å². The first-order chi connectivity index (χ1) is 9.63. The minimum Gasteiger partial charge on any atom is -0.324 e. The molecule has 1 N–H and O–H groups in total. The summed E-state index contributed by atoms with van der Waals surface area (Å²) in [6.07, 6.45) is 2.86. The zero-order valence-corrected chi connectivity index (χ0v) is 13.2. The molecule has 1 heterocycles. The summed E-state index contributed by atoms with van der Waals surface area (Å²) < 4.78 is 0. The number of benzene rings is 1. The lowest BCUT2D eigenvalue weighted by Gasteiger charge is -2.08. The van der Waals surface area contributed by atoms with Crippen LogP contribution in [0.3, 0.4) is 0 Å². The van der Waals surface area contributed by atoms with E-state index < -0.39 is 0 Å². The van der Waals surface area contributed by atoms with Gasteiger partial charge in [-0.25, -0.2) is 9.97 Å². The van der Waals surface area contributed by atoms with Crippen molar-refractivity contribution in [2.75, 3.05) is 11.1 Å². The molecule has 0 aliphatic carbocycles. The lowest BCUT2D eigenvalue weighted by Crippen LogP contribution is -1.96. The molecule has 0 aliphatic rings. The van der Waals surface area contributed by atoms with Crippen molar-refractivity contribution in [3.63, 3.8) is 0 Å². The first kappa shape index (κ1) is 15.1. The predicted octanol–water partition coefficient (Wildman–Crippen LogP) is 5.01. The van der Waals surface area contributed by atoms with Crippen LogP contribution < -0.4 is 5.32 Å². The minimum absolute atomic E-state index is 0.435. The van der Waals surface area contributed by atoms with Crippen molar-refractivity contribution < 1.29 is 0 Å². The van der Waals surface area contributed by atoms with Gasteiger partial charge in [0, 0.05) is 16.8 Å². The second-order valence-electron chi connectivity index (χ2n) is 4.89. The molecule has 0 amide bonds. The molecule has 0 spiro atoms. The van der Waals surface area contributed by atoms with E-state index >= 15 is 0 Å². The maximum absolute atomic E-state index is 5.85. The summed E-state index contributed by atoms with van der Waals surface area (Å²) in [5.74, 6) is 2.39. The van der Waals surface area contributed by atoms with Gasteiger partial charge in [-0.05, 0) is 42.4 Å². The fourth-order valence-corrected chi connectivity index (χ4v) is 2.95. The largest absolute Gasteiger partial charge is 0.324 e. The summed E-state index contributed by atoms with van der Waals surface area (Å²) in [5, 5.41) is 3.60. The third kappa shape index (κ3) is 5.02. The second kappa shape index (κ2) is 7.50. The first-order valence-electron chi connectivity index (χ1n) is 6.62. The topological polar surface area (TPSA) is 37.8 Å². The average molecular weight is 308 g/mol. The van der Waals surface area contributed by atoms with Crippen molar-refractivity contribution in [3.05, 3.63) is 41.7 Å². The molecule has 0 radical (unpaired) electrons. The zero-order chi connectivity index (χ0) is 14.4. The summed E-state index contributed by atoms with van der Waals surface area (Å²) >= 11 is 7.72. The van der Waals surface area contributed by atoms with E-state index in [-0.39, 0.29) is 0 Å². The number of hydrogen-bond donors (Lipinski definition) is 1. The number of nitrogens with one attached hydrogen (secondary N) is 1. The molecule has 2 aromatic rings. The Hall–Kier alpha value is -1.26. The highest BCUT2D eigenvalue weighted by molar-refractivity contribution is 7.99. The molecule has 0 bridgehead atoms. The van der Waals surface area contributed by atoms with Gasteiger partial charge in [0.15, 0.2) is 0 Å². The van der Waals surface area contributed by atoms with Crippen molar-refractivity contribution in [2.45, 2.75) is 25.2 Å². The number of halogens is 1.